The van der Waals surface area contributed by atoms with Crippen LogP contribution < -0.4 is 0 Å². The number of sulfonamides is 1. The molecule has 10 heteroatoms. The molecule has 1 aliphatic heterocycles. The maximum atomic E-state index is 13.3. The van der Waals surface area contributed by atoms with Crippen LogP contribution in [0.15, 0.2) is 53.4 Å². The maximum absolute atomic E-state index is 13.3. The molecule has 2 aromatic rings. The lowest BCUT2D eigenvalue weighted by atomic mass is 9.89. The molecule has 1 N–H and O–H groups in total. The van der Waals surface area contributed by atoms with Crippen molar-refractivity contribution in [2.75, 3.05) is 39.3 Å². The van der Waals surface area contributed by atoms with Crippen LogP contribution in [-0.4, -0.2) is 68.2 Å². The fraction of sp³-hybridized carbons (Fsp3) is 0.500. The fourth-order valence-corrected chi connectivity index (χ4v) is 6.31. The van der Waals surface area contributed by atoms with Gasteiger partial charge < -0.3 is 9.84 Å². The Bertz CT molecular complexity index is 1090. The number of β-amino-alcohol motifs (C(OH)–C–C–N with tert-alkyl or cyclic N) is 1. The van der Waals surface area contributed by atoms with E-state index in [9.17, 15) is 26.7 Å². The monoisotopic (exact) mass is 498 g/mol. The average Bonchev–Trinajstić information content (AvgIpc) is 2.82. The highest BCUT2D eigenvalue weighted by Crippen LogP contribution is 2.35. The molecule has 0 bridgehead atoms. The van der Waals surface area contributed by atoms with Gasteiger partial charge >= 0.3 is 6.18 Å². The number of benzene rings is 2. The largest absolute Gasteiger partial charge is 0.417 e. The van der Waals surface area contributed by atoms with E-state index in [-0.39, 0.29) is 25.8 Å². The topological polar surface area (TPSA) is 70.1 Å². The molecule has 4 rings (SSSR count). The highest BCUT2D eigenvalue weighted by molar-refractivity contribution is 7.89. The number of nitrogens with zero attached hydrogens (tertiary/aromatic N) is 2. The summed E-state index contributed by atoms with van der Waals surface area (Å²) in [7, 11) is -4.28. The van der Waals surface area contributed by atoms with E-state index in [2.05, 4.69) is 12.1 Å². The lowest BCUT2D eigenvalue weighted by molar-refractivity contribution is -0.139. The molecule has 6 nitrogen and oxygen atoms in total. The van der Waals surface area contributed by atoms with Gasteiger partial charge in [-0.2, -0.15) is 17.5 Å². The normalized spacial score (nSPS) is 21.2. The molecule has 2 unspecified atom stereocenters. The van der Waals surface area contributed by atoms with Crippen LogP contribution in [0, 0.1) is 0 Å². The Morgan fingerprint density at radius 3 is 2.44 bits per heavy atom. The van der Waals surface area contributed by atoms with Gasteiger partial charge in [0.1, 0.15) is 0 Å². The van der Waals surface area contributed by atoms with Crippen molar-refractivity contribution in [1.82, 2.24) is 9.21 Å². The van der Waals surface area contributed by atoms with Gasteiger partial charge in [-0.15, -0.1) is 0 Å². The number of aliphatic hydroxyl groups is 1. The Labute approximate surface area is 198 Å². The first-order valence-electron chi connectivity index (χ1n) is 11.4. The molecule has 0 radical (unpaired) electrons. The van der Waals surface area contributed by atoms with E-state index in [1.54, 1.807) is 0 Å². The van der Waals surface area contributed by atoms with Gasteiger partial charge in [-0.05, 0) is 42.5 Å². The molecule has 1 saturated heterocycles. The molecule has 1 heterocycles. The number of piperazine rings is 1. The predicted molar refractivity (Wildman–Crippen MR) is 121 cm³/mol. The van der Waals surface area contributed by atoms with Gasteiger partial charge in [-0.25, -0.2) is 8.42 Å². The number of aryl methyl sites for hydroxylation is 1. The number of hydrogen-bond acceptors (Lipinski definition) is 5. The molecule has 34 heavy (non-hydrogen) atoms. The lowest BCUT2D eigenvalue weighted by Crippen LogP contribution is -2.50. The number of hydrogen-bond donors (Lipinski definition) is 1. The average molecular weight is 499 g/mol. The minimum Gasteiger partial charge on any atom is -0.389 e. The summed E-state index contributed by atoms with van der Waals surface area (Å²) >= 11 is 0. The van der Waals surface area contributed by atoms with Crippen molar-refractivity contribution in [2.45, 2.75) is 42.5 Å². The summed E-state index contributed by atoms with van der Waals surface area (Å²) in [5.74, 6) is 0. The Balaban J connectivity index is 1.30. The van der Waals surface area contributed by atoms with E-state index in [0.29, 0.717) is 19.6 Å². The van der Waals surface area contributed by atoms with Crippen LogP contribution in [-0.2, 0) is 27.4 Å². The third-order valence-electron chi connectivity index (χ3n) is 6.41. The first kappa shape index (κ1) is 25.1. The first-order chi connectivity index (χ1) is 16.2. The molecule has 1 aliphatic carbocycles. The number of halogens is 3. The second-order valence-corrected chi connectivity index (χ2v) is 10.7. The SMILES string of the molecule is O=S(=O)(c1ccccc1C(F)(F)F)N1CCN(CC(O)COC2CCCc3ccccc32)CC1. The number of alkyl halides is 3. The van der Waals surface area contributed by atoms with Gasteiger partial charge in [0.05, 0.1) is 29.3 Å². The highest BCUT2D eigenvalue weighted by Gasteiger charge is 2.39. The molecule has 0 amide bonds. The van der Waals surface area contributed by atoms with Crippen molar-refractivity contribution in [3.63, 3.8) is 0 Å². The van der Waals surface area contributed by atoms with Crippen molar-refractivity contribution in [3.05, 3.63) is 65.2 Å². The molecule has 0 aromatic heterocycles. The van der Waals surface area contributed by atoms with E-state index in [4.69, 9.17) is 4.74 Å². The second kappa shape index (κ2) is 10.3. The second-order valence-electron chi connectivity index (χ2n) is 8.77. The molecular formula is C24H29F3N2O4S. The highest BCUT2D eigenvalue weighted by atomic mass is 32.2. The van der Waals surface area contributed by atoms with E-state index < -0.39 is 32.8 Å². The quantitative estimate of drug-likeness (QED) is 0.633. The molecule has 2 aromatic carbocycles. The van der Waals surface area contributed by atoms with Gasteiger partial charge in [-0.1, -0.05) is 36.4 Å². The molecular weight excluding hydrogens is 469 g/mol. The molecule has 0 spiro atoms. The van der Waals surface area contributed by atoms with E-state index >= 15 is 0 Å². The zero-order chi connectivity index (χ0) is 24.3. The van der Waals surface area contributed by atoms with Gasteiger partial charge in [0.15, 0.2) is 0 Å². The van der Waals surface area contributed by atoms with E-state index in [1.807, 2.05) is 17.0 Å². The number of aliphatic hydroxyl groups excluding tert-OH is 1. The zero-order valence-corrected chi connectivity index (χ0v) is 19.6. The van der Waals surface area contributed by atoms with Crippen LogP contribution in [0.1, 0.15) is 35.6 Å². The molecule has 2 atom stereocenters. The predicted octanol–water partition coefficient (Wildman–Crippen LogP) is 3.47. The molecule has 2 aliphatic rings. The molecule has 0 saturated carbocycles. The van der Waals surface area contributed by atoms with Crippen molar-refractivity contribution >= 4 is 10.0 Å². The Hall–Kier alpha value is -1.98. The van der Waals surface area contributed by atoms with E-state index in [1.165, 1.54) is 23.3 Å². The lowest BCUT2D eigenvalue weighted by Gasteiger charge is -2.35. The smallest absolute Gasteiger partial charge is 0.389 e. The summed E-state index contributed by atoms with van der Waals surface area (Å²) in [4.78, 5) is 1.18. The third-order valence-corrected chi connectivity index (χ3v) is 8.37. The van der Waals surface area contributed by atoms with E-state index in [0.717, 1.165) is 35.7 Å². The standard InChI is InChI=1S/C24H29F3N2O4S/c25-24(26,27)21-9-3-4-11-23(21)34(31,32)29-14-12-28(13-15-29)16-19(30)17-33-22-10-5-7-18-6-1-2-8-20(18)22/h1-4,6,8-9,11,19,22,30H,5,7,10,12-17H2. The van der Waals surface area contributed by atoms with Crippen molar-refractivity contribution in [1.29, 1.82) is 0 Å². The van der Waals surface area contributed by atoms with Crippen molar-refractivity contribution in [2.24, 2.45) is 0 Å². The minimum atomic E-state index is -4.76. The van der Waals surface area contributed by atoms with Gasteiger partial charge in [0, 0.05) is 32.7 Å². The van der Waals surface area contributed by atoms with Crippen molar-refractivity contribution < 1.29 is 31.4 Å². The number of rotatable bonds is 7. The van der Waals surface area contributed by atoms with Crippen LogP contribution in [0.4, 0.5) is 13.2 Å². The Morgan fingerprint density at radius 2 is 1.71 bits per heavy atom. The van der Waals surface area contributed by atoms with Crippen molar-refractivity contribution in [3.8, 4) is 0 Å². The minimum absolute atomic E-state index is 0.0460. The summed E-state index contributed by atoms with van der Waals surface area (Å²) in [6.07, 6.45) is -2.59. The molecule has 1 fully saturated rings. The van der Waals surface area contributed by atoms with Crippen LogP contribution in [0.25, 0.3) is 0 Å². The van der Waals surface area contributed by atoms with Crippen LogP contribution in [0.3, 0.4) is 0 Å². The first-order valence-corrected chi connectivity index (χ1v) is 12.9. The number of ether oxygens (including phenoxy) is 1. The fourth-order valence-electron chi connectivity index (χ4n) is 4.68. The van der Waals surface area contributed by atoms with Gasteiger partial charge in [0.25, 0.3) is 0 Å². The molecule has 186 valence electrons. The Morgan fingerprint density at radius 1 is 1.03 bits per heavy atom. The zero-order valence-electron chi connectivity index (χ0n) is 18.7. The summed E-state index contributed by atoms with van der Waals surface area (Å²) in [6.45, 7) is 1.21. The maximum Gasteiger partial charge on any atom is 0.417 e. The number of fused-ring (bicyclic) bond motifs is 1. The third kappa shape index (κ3) is 5.63. The Kier molecular flexibility index (Phi) is 7.63. The summed E-state index contributed by atoms with van der Waals surface area (Å²) in [5.41, 5.74) is 1.28. The van der Waals surface area contributed by atoms with Gasteiger partial charge in [-0.3, -0.25) is 4.90 Å². The van der Waals surface area contributed by atoms with Crippen LogP contribution in [0.5, 0.6) is 0 Å². The van der Waals surface area contributed by atoms with Crippen LogP contribution in [0.2, 0.25) is 0 Å². The summed E-state index contributed by atoms with van der Waals surface area (Å²) in [6, 6.07) is 12.4. The van der Waals surface area contributed by atoms with Gasteiger partial charge in [0.2, 0.25) is 10.0 Å². The summed E-state index contributed by atoms with van der Waals surface area (Å²) in [5, 5.41) is 10.5. The van der Waals surface area contributed by atoms with Crippen LogP contribution >= 0.6 is 0 Å². The summed E-state index contributed by atoms with van der Waals surface area (Å²) < 4.78 is 72.8.